The second-order valence-corrected chi connectivity index (χ2v) is 7.17. The molecular formula is C14H27N3S. The van der Waals surface area contributed by atoms with E-state index >= 15 is 0 Å². The van der Waals surface area contributed by atoms with Crippen molar-refractivity contribution in [1.82, 2.24) is 14.9 Å². The van der Waals surface area contributed by atoms with Crippen molar-refractivity contribution < 1.29 is 0 Å². The van der Waals surface area contributed by atoms with E-state index in [9.17, 15) is 0 Å². The predicted octanol–water partition coefficient (Wildman–Crippen LogP) is 4.14. The summed E-state index contributed by atoms with van der Waals surface area (Å²) in [6.07, 6.45) is 2.36. The first kappa shape index (κ1) is 15.6. The van der Waals surface area contributed by atoms with Crippen molar-refractivity contribution in [2.45, 2.75) is 66.3 Å². The van der Waals surface area contributed by atoms with Gasteiger partial charge in [0, 0.05) is 6.04 Å². The summed E-state index contributed by atoms with van der Waals surface area (Å²) in [5.41, 5.74) is 1.55. The standard InChI is InChI=1S/C14H27N3S/c1-7-15-11(8-9-14(4,5)6)13-12(10(2)3)16-17-18-13/h10-11,15H,7-9H2,1-6H3. The molecule has 0 radical (unpaired) electrons. The Balaban J connectivity index is 2.80. The molecule has 0 fully saturated rings. The average Bonchev–Trinajstić information content (AvgIpc) is 2.71. The Hall–Kier alpha value is -0.480. The van der Waals surface area contributed by atoms with Crippen molar-refractivity contribution in [2.24, 2.45) is 5.41 Å². The zero-order valence-electron chi connectivity index (χ0n) is 12.6. The van der Waals surface area contributed by atoms with Crippen LogP contribution < -0.4 is 5.32 Å². The molecule has 0 spiro atoms. The number of rotatable bonds is 6. The molecule has 104 valence electrons. The van der Waals surface area contributed by atoms with E-state index < -0.39 is 0 Å². The van der Waals surface area contributed by atoms with Gasteiger partial charge in [-0.1, -0.05) is 46.0 Å². The van der Waals surface area contributed by atoms with E-state index in [1.54, 1.807) is 11.5 Å². The smallest absolute Gasteiger partial charge is 0.0829 e. The molecule has 18 heavy (non-hydrogen) atoms. The average molecular weight is 269 g/mol. The summed E-state index contributed by atoms with van der Waals surface area (Å²) in [5, 5.41) is 7.88. The van der Waals surface area contributed by atoms with Gasteiger partial charge in [-0.25, -0.2) is 0 Å². The number of aromatic nitrogens is 2. The van der Waals surface area contributed by atoms with E-state index in [0.29, 0.717) is 17.4 Å². The number of hydrogen-bond donors (Lipinski definition) is 1. The van der Waals surface area contributed by atoms with Gasteiger partial charge < -0.3 is 5.32 Å². The molecule has 1 aromatic heterocycles. The van der Waals surface area contributed by atoms with Gasteiger partial charge in [0.15, 0.2) is 0 Å². The lowest BCUT2D eigenvalue weighted by Crippen LogP contribution is -2.23. The molecule has 0 saturated carbocycles. The number of nitrogens with one attached hydrogen (secondary N) is 1. The van der Waals surface area contributed by atoms with E-state index in [2.05, 4.69) is 56.4 Å². The van der Waals surface area contributed by atoms with Crippen LogP contribution in [0.3, 0.4) is 0 Å². The van der Waals surface area contributed by atoms with Crippen molar-refractivity contribution in [1.29, 1.82) is 0 Å². The maximum atomic E-state index is 4.29. The molecule has 1 heterocycles. The molecule has 0 aliphatic rings. The van der Waals surface area contributed by atoms with Gasteiger partial charge in [0.25, 0.3) is 0 Å². The van der Waals surface area contributed by atoms with Crippen LogP contribution in [-0.2, 0) is 0 Å². The van der Waals surface area contributed by atoms with Gasteiger partial charge in [0.1, 0.15) is 0 Å². The van der Waals surface area contributed by atoms with Crippen molar-refractivity contribution in [3.8, 4) is 0 Å². The molecule has 4 heteroatoms. The first-order chi connectivity index (χ1) is 8.35. The third kappa shape index (κ3) is 4.65. The maximum Gasteiger partial charge on any atom is 0.0829 e. The minimum atomic E-state index is 0.379. The fraction of sp³-hybridized carbons (Fsp3) is 0.857. The summed E-state index contributed by atoms with van der Waals surface area (Å²) in [6, 6.07) is 0.409. The highest BCUT2D eigenvalue weighted by atomic mass is 32.1. The van der Waals surface area contributed by atoms with Crippen molar-refractivity contribution in [2.75, 3.05) is 6.54 Å². The zero-order chi connectivity index (χ0) is 13.8. The van der Waals surface area contributed by atoms with Gasteiger partial charge in [-0.2, -0.15) is 0 Å². The first-order valence-corrected chi connectivity index (χ1v) is 7.68. The molecular weight excluding hydrogens is 242 g/mol. The second kappa shape index (κ2) is 6.62. The Morgan fingerprint density at radius 3 is 2.44 bits per heavy atom. The maximum absolute atomic E-state index is 4.29. The molecule has 1 aromatic rings. The molecule has 0 bridgehead atoms. The number of nitrogens with zero attached hydrogens (tertiary/aromatic N) is 2. The normalized spacial score (nSPS) is 14.2. The van der Waals surface area contributed by atoms with E-state index in [1.165, 1.54) is 17.0 Å². The Morgan fingerprint density at radius 1 is 1.28 bits per heavy atom. The molecule has 0 amide bonds. The molecule has 1 unspecified atom stereocenters. The minimum Gasteiger partial charge on any atom is -0.309 e. The Kier molecular flexibility index (Phi) is 5.73. The monoisotopic (exact) mass is 269 g/mol. The fourth-order valence-electron chi connectivity index (χ4n) is 2.00. The van der Waals surface area contributed by atoms with Crippen LogP contribution in [0.15, 0.2) is 0 Å². The summed E-state index contributed by atoms with van der Waals surface area (Å²) in [4.78, 5) is 1.33. The zero-order valence-corrected chi connectivity index (χ0v) is 13.4. The lowest BCUT2D eigenvalue weighted by molar-refractivity contribution is 0.334. The molecule has 3 nitrogen and oxygen atoms in total. The second-order valence-electron chi connectivity index (χ2n) is 6.39. The van der Waals surface area contributed by atoms with Gasteiger partial charge in [-0.15, -0.1) is 5.10 Å². The lowest BCUT2D eigenvalue weighted by Gasteiger charge is -2.23. The van der Waals surface area contributed by atoms with Gasteiger partial charge in [0.05, 0.1) is 10.6 Å². The SMILES string of the molecule is CCNC(CCC(C)(C)C)c1snnc1C(C)C. The van der Waals surface area contributed by atoms with Crippen molar-refractivity contribution >= 4 is 11.5 Å². The van der Waals surface area contributed by atoms with Crippen LogP contribution in [0.5, 0.6) is 0 Å². The molecule has 1 N–H and O–H groups in total. The third-order valence-electron chi connectivity index (χ3n) is 3.04. The third-order valence-corrected chi connectivity index (χ3v) is 3.89. The first-order valence-electron chi connectivity index (χ1n) is 6.90. The van der Waals surface area contributed by atoms with E-state index in [0.717, 1.165) is 13.0 Å². The van der Waals surface area contributed by atoms with E-state index in [-0.39, 0.29) is 0 Å². The summed E-state index contributed by atoms with van der Waals surface area (Å²) in [7, 11) is 0. The summed E-state index contributed by atoms with van der Waals surface area (Å²) in [5.74, 6) is 0.453. The molecule has 1 atom stereocenters. The van der Waals surface area contributed by atoms with E-state index in [1.807, 2.05) is 0 Å². The van der Waals surface area contributed by atoms with Gasteiger partial charge in [0.2, 0.25) is 0 Å². The highest BCUT2D eigenvalue weighted by Crippen LogP contribution is 2.32. The fourth-order valence-corrected chi connectivity index (χ4v) is 2.91. The Morgan fingerprint density at radius 2 is 1.94 bits per heavy atom. The summed E-state index contributed by atoms with van der Waals surface area (Å²) in [6.45, 7) is 14.4. The van der Waals surface area contributed by atoms with Crippen LogP contribution in [0.4, 0.5) is 0 Å². The number of hydrogen-bond acceptors (Lipinski definition) is 4. The molecule has 1 rings (SSSR count). The van der Waals surface area contributed by atoms with Crippen molar-refractivity contribution in [3.63, 3.8) is 0 Å². The predicted molar refractivity (Wildman–Crippen MR) is 79.1 cm³/mol. The summed E-state index contributed by atoms with van der Waals surface area (Å²) >= 11 is 1.55. The van der Waals surface area contributed by atoms with Crippen LogP contribution in [0.25, 0.3) is 0 Å². The Labute approximate surface area is 116 Å². The van der Waals surface area contributed by atoms with Crippen molar-refractivity contribution in [3.05, 3.63) is 10.6 Å². The topological polar surface area (TPSA) is 37.8 Å². The lowest BCUT2D eigenvalue weighted by atomic mass is 9.88. The van der Waals surface area contributed by atoms with Crippen LogP contribution in [0.1, 0.15) is 76.9 Å². The van der Waals surface area contributed by atoms with Gasteiger partial charge >= 0.3 is 0 Å². The van der Waals surface area contributed by atoms with Crippen LogP contribution in [0, 0.1) is 5.41 Å². The largest absolute Gasteiger partial charge is 0.309 e. The highest BCUT2D eigenvalue weighted by Gasteiger charge is 2.22. The molecule has 0 aromatic carbocycles. The van der Waals surface area contributed by atoms with E-state index in [4.69, 9.17) is 0 Å². The molecule has 0 aliphatic carbocycles. The highest BCUT2D eigenvalue weighted by molar-refractivity contribution is 7.05. The van der Waals surface area contributed by atoms with Gasteiger partial charge in [-0.05, 0) is 42.3 Å². The van der Waals surface area contributed by atoms with Crippen LogP contribution in [-0.4, -0.2) is 16.1 Å². The minimum absolute atomic E-state index is 0.379. The Bertz CT molecular complexity index is 352. The van der Waals surface area contributed by atoms with Gasteiger partial charge in [-0.3, -0.25) is 0 Å². The van der Waals surface area contributed by atoms with Crippen LogP contribution >= 0.6 is 11.5 Å². The summed E-state index contributed by atoms with van der Waals surface area (Å²) < 4.78 is 4.14. The quantitative estimate of drug-likeness (QED) is 0.843. The molecule has 0 aliphatic heterocycles. The van der Waals surface area contributed by atoms with Crippen LogP contribution in [0.2, 0.25) is 0 Å². The molecule has 0 saturated heterocycles.